The van der Waals surface area contributed by atoms with Crippen LogP contribution in [-0.2, 0) is 4.74 Å². The number of benzene rings is 1. The third-order valence-electron chi connectivity index (χ3n) is 3.42. The zero-order valence-electron chi connectivity index (χ0n) is 12.2. The van der Waals surface area contributed by atoms with Crippen LogP contribution in [0.25, 0.3) is 0 Å². The fraction of sp³-hybridized carbons (Fsp3) is 0.533. The second kappa shape index (κ2) is 6.46. The maximum absolute atomic E-state index is 12.5. The summed E-state index contributed by atoms with van der Waals surface area (Å²) >= 11 is 5.85. The molecule has 1 aromatic rings. The predicted octanol–water partition coefficient (Wildman–Crippen LogP) is 2.22. The average Bonchev–Trinajstić information content (AvgIpc) is 2.45. The Hall–Kier alpha value is -1.26. The average molecular weight is 297 g/mol. The zero-order chi connectivity index (χ0) is 14.7. The Morgan fingerprint density at radius 2 is 2.00 bits per heavy atom. The summed E-state index contributed by atoms with van der Waals surface area (Å²) in [6.45, 7) is 3.14. The van der Waals surface area contributed by atoms with Gasteiger partial charge in [0.15, 0.2) is 0 Å². The molecule has 1 aliphatic heterocycles. The third kappa shape index (κ3) is 3.44. The van der Waals surface area contributed by atoms with E-state index >= 15 is 0 Å². The van der Waals surface area contributed by atoms with Crippen molar-refractivity contribution in [3.05, 3.63) is 29.8 Å². The van der Waals surface area contributed by atoms with E-state index in [1.807, 2.05) is 55.1 Å². The predicted molar refractivity (Wildman–Crippen MR) is 81.7 cm³/mol. The molecule has 0 radical (unpaired) electrons. The Morgan fingerprint density at radius 1 is 1.35 bits per heavy atom. The molecule has 1 amide bonds. The minimum atomic E-state index is -0.0783. The molecular weight excluding hydrogens is 276 g/mol. The molecule has 2 atom stereocenters. The fourth-order valence-electron chi connectivity index (χ4n) is 2.38. The molecule has 0 saturated carbocycles. The van der Waals surface area contributed by atoms with Crippen molar-refractivity contribution in [1.82, 2.24) is 4.90 Å². The summed E-state index contributed by atoms with van der Waals surface area (Å²) in [4.78, 5) is 16.3. The summed E-state index contributed by atoms with van der Waals surface area (Å²) in [6.07, 6.45) is -0.0529. The number of rotatable bonds is 3. The Bertz CT molecular complexity index is 461. The number of nitrogens with zero attached hydrogens (tertiary/aromatic N) is 2. The highest BCUT2D eigenvalue weighted by atomic mass is 35.5. The number of halogens is 1. The van der Waals surface area contributed by atoms with Crippen LogP contribution >= 0.6 is 11.6 Å². The highest BCUT2D eigenvalue weighted by Crippen LogP contribution is 2.17. The molecule has 4 nitrogen and oxygen atoms in total. The lowest BCUT2D eigenvalue weighted by atomic mass is 10.1. The van der Waals surface area contributed by atoms with Crippen molar-refractivity contribution in [3.63, 3.8) is 0 Å². The zero-order valence-corrected chi connectivity index (χ0v) is 12.9. The number of hydrogen-bond acceptors (Lipinski definition) is 3. The molecule has 0 bridgehead atoms. The highest BCUT2D eigenvalue weighted by molar-refractivity contribution is 6.18. The summed E-state index contributed by atoms with van der Waals surface area (Å²) in [5.41, 5.74) is 1.79. The molecule has 0 aromatic heterocycles. The number of ether oxygens (including phenoxy) is 1. The van der Waals surface area contributed by atoms with Gasteiger partial charge in [-0.2, -0.15) is 0 Å². The van der Waals surface area contributed by atoms with Crippen LogP contribution in [0.1, 0.15) is 17.3 Å². The van der Waals surface area contributed by atoms with E-state index in [9.17, 15) is 4.79 Å². The van der Waals surface area contributed by atoms with Gasteiger partial charge in [0, 0.05) is 38.4 Å². The number of amides is 1. The van der Waals surface area contributed by atoms with Crippen LogP contribution in [-0.4, -0.2) is 56.1 Å². The van der Waals surface area contributed by atoms with Gasteiger partial charge in [-0.25, -0.2) is 0 Å². The van der Waals surface area contributed by atoms with Gasteiger partial charge in [0.2, 0.25) is 0 Å². The second-order valence-corrected chi connectivity index (χ2v) is 5.68. The van der Waals surface area contributed by atoms with E-state index in [1.165, 1.54) is 0 Å². The van der Waals surface area contributed by atoms with Crippen LogP contribution in [0.15, 0.2) is 24.3 Å². The maximum atomic E-state index is 12.5. The first-order valence-corrected chi connectivity index (χ1v) is 7.32. The van der Waals surface area contributed by atoms with Crippen LogP contribution in [0.2, 0.25) is 0 Å². The van der Waals surface area contributed by atoms with Crippen LogP contribution < -0.4 is 4.90 Å². The van der Waals surface area contributed by atoms with Gasteiger partial charge < -0.3 is 14.5 Å². The van der Waals surface area contributed by atoms with Crippen molar-refractivity contribution in [3.8, 4) is 0 Å². The first kappa shape index (κ1) is 15.1. The largest absolute Gasteiger partial charge is 0.378 e. The molecule has 0 aliphatic carbocycles. The molecule has 1 heterocycles. The van der Waals surface area contributed by atoms with Gasteiger partial charge in [-0.15, -0.1) is 11.6 Å². The number of anilines is 1. The molecule has 5 heteroatoms. The Morgan fingerprint density at radius 3 is 2.55 bits per heavy atom. The topological polar surface area (TPSA) is 32.8 Å². The van der Waals surface area contributed by atoms with Crippen LogP contribution in [0.4, 0.5) is 5.69 Å². The standard InChI is InChI=1S/C15H21ClN2O2/c1-11-9-18(10-14(8-16)20-11)15(19)12-4-6-13(7-5-12)17(2)3/h4-7,11,14H,8-10H2,1-3H3. The molecule has 0 spiro atoms. The quantitative estimate of drug-likeness (QED) is 0.802. The van der Waals surface area contributed by atoms with Gasteiger partial charge in [-0.1, -0.05) is 0 Å². The Labute approximate surface area is 125 Å². The van der Waals surface area contributed by atoms with E-state index in [1.54, 1.807) is 0 Å². The van der Waals surface area contributed by atoms with Crippen molar-refractivity contribution in [2.24, 2.45) is 0 Å². The summed E-state index contributed by atoms with van der Waals surface area (Å²) in [7, 11) is 3.96. The molecule has 1 saturated heterocycles. The van der Waals surface area contributed by atoms with Gasteiger partial charge >= 0.3 is 0 Å². The molecule has 2 unspecified atom stereocenters. The monoisotopic (exact) mass is 296 g/mol. The van der Waals surface area contributed by atoms with E-state index in [-0.39, 0.29) is 18.1 Å². The summed E-state index contributed by atoms with van der Waals surface area (Å²) in [5.74, 6) is 0.453. The van der Waals surface area contributed by atoms with Crippen molar-refractivity contribution in [1.29, 1.82) is 0 Å². The van der Waals surface area contributed by atoms with Crippen molar-refractivity contribution in [2.45, 2.75) is 19.1 Å². The third-order valence-corrected chi connectivity index (χ3v) is 3.76. The van der Waals surface area contributed by atoms with Crippen molar-refractivity contribution < 1.29 is 9.53 Å². The number of alkyl halides is 1. The van der Waals surface area contributed by atoms with Crippen molar-refractivity contribution >= 4 is 23.2 Å². The Kier molecular flexibility index (Phi) is 4.89. The minimum absolute atomic E-state index is 0.0255. The lowest BCUT2D eigenvalue weighted by molar-refractivity contribution is -0.0570. The van der Waals surface area contributed by atoms with E-state index in [2.05, 4.69) is 0 Å². The summed E-state index contributed by atoms with van der Waals surface area (Å²) in [5, 5.41) is 0. The fourth-order valence-corrected chi connectivity index (χ4v) is 2.55. The number of carbonyl (C=O) groups excluding carboxylic acids is 1. The minimum Gasteiger partial charge on any atom is -0.378 e. The molecule has 0 N–H and O–H groups in total. The van der Waals surface area contributed by atoms with Gasteiger partial charge in [-0.05, 0) is 31.2 Å². The van der Waals surface area contributed by atoms with Crippen LogP contribution in [0.5, 0.6) is 0 Å². The van der Waals surface area contributed by atoms with Crippen molar-refractivity contribution in [2.75, 3.05) is 38.0 Å². The number of morpholine rings is 1. The van der Waals surface area contributed by atoms with E-state index in [0.717, 1.165) is 5.69 Å². The van der Waals surface area contributed by atoms with Gasteiger partial charge in [0.05, 0.1) is 18.1 Å². The lowest BCUT2D eigenvalue weighted by Gasteiger charge is -2.36. The molecule has 110 valence electrons. The highest BCUT2D eigenvalue weighted by Gasteiger charge is 2.28. The molecule has 20 heavy (non-hydrogen) atoms. The summed E-state index contributed by atoms with van der Waals surface area (Å²) < 4.78 is 5.67. The van der Waals surface area contributed by atoms with Gasteiger partial charge in [0.25, 0.3) is 5.91 Å². The van der Waals surface area contributed by atoms with Crippen LogP contribution in [0.3, 0.4) is 0 Å². The van der Waals surface area contributed by atoms with Crippen LogP contribution in [0, 0.1) is 0 Å². The number of carbonyl (C=O) groups is 1. The first-order chi connectivity index (χ1) is 9.51. The van der Waals surface area contributed by atoms with E-state index in [4.69, 9.17) is 16.3 Å². The molecular formula is C15H21ClN2O2. The van der Waals surface area contributed by atoms with Gasteiger partial charge in [0.1, 0.15) is 0 Å². The normalized spacial score (nSPS) is 22.7. The van der Waals surface area contributed by atoms with Gasteiger partial charge in [-0.3, -0.25) is 4.79 Å². The Balaban J connectivity index is 2.10. The smallest absolute Gasteiger partial charge is 0.254 e. The lowest BCUT2D eigenvalue weighted by Crippen LogP contribution is -2.49. The number of hydrogen-bond donors (Lipinski definition) is 0. The molecule has 1 fully saturated rings. The second-order valence-electron chi connectivity index (χ2n) is 5.37. The first-order valence-electron chi connectivity index (χ1n) is 6.79. The SMILES string of the molecule is CC1CN(C(=O)c2ccc(N(C)C)cc2)CC(CCl)O1. The molecule has 1 aliphatic rings. The summed E-state index contributed by atoms with van der Waals surface area (Å²) in [6, 6.07) is 7.65. The molecule has 2 rings (SSSR count). The van der Waals surface area contributed by atoms with E-state index < -0.39 is 0 Å². The molecule has 1 aromatic carbocycles. The van der Waals surface area contributed by atoms with E-state index in [0.29, 0.717) is 24.5 Å². The maximum Gasteiger partial charge on any atom is 0.254 e.